The van der Waals surface area contributed by atoms with Crippen molar-refractivity contribution in [3.05, 3.63) is 64.1 Å². The van der Waals surface area contributed by atoms with Crippen LogP contribution in [0.5, 0.6) is 0 Å². The molecule has 1 fully saturated rings. The number of nitriles is 2. The third-order valence-corrected chi connectivity index (χ3v) is 4.06. The number of nitro benzene ring substituents is 1. The molecule has 1 saturated carbocycles. The fraction of sp³-hybridized carbons (Fsp3) is 0.188. The molecule has 0 N–H and O–H groups in total. The van der Waals surface area contributed by atoms with Gasteiger partial charge in [0.15, 0.2) is 11.2 Å². The van der Waals surface area contributed by atoms with Gasteiger partial charge >= 0.3 is 0 Å². The molecular weight excluding hydrogens is 298 g/mol. The van der Waals surface area contributed by atoms with Crippen LogP contribution in [-0.2, 0) is 0 Å². The van der Waals surface area contributed by atoms with Gasteiger partial charge in [0.25, 0.3) is 5.69 Å². The molecule has 1 aliphatic rings. The maximum absolute atomic E-state index is 12.5. The van der Waals surface area contributed by atoms with Crippen LogP contribution in [0.3, 0.4) is 0 Å². The number of non-ortho nitro benzene ring substituents is 1. The second kappa shape index (κ2) is 5.08. The number of nitrogens with zero attached hydrogens (tertiary/aromatic N) is 3. The lowest BCUT2D eigenvalue weighted by Crippen LogP contribution is -2.07. The molecule has 0 bridgehead atoms. The van der Waals surface area contributed by atoms with Gasteiger partial charge in [-0.1, -0.05) is 12.1 Å². The summed E-state index contributed by atoms with van der Waals surface area (Å²) in [5.41, 5.74) is -1.25. The Labute approximate surface area is 130 Å². The summed E-state index contributed by atoms with van der Waals surface area (Å²) in [5, 5.41) is 29.7. The number of benzene rings is 1. The van der Waals surface area contributed by atoms with E-state index in [0.717, 1.165) is 0 Å². The topological polar surface area (TPSA) is 121 Å². The highest BCUT2D eigenvalue weighted by Crippen LogP contribution is 2.65. The molecular formula is C16H9N3O4. The van der Waals surface area contributed by atoms with Crippen molar-refractivity contribution < 1.29 is 14.1 Å². The lowest BCUT2D eigenvalue weighted by Gasteiger charge is -1.99. The fourth-order valence-electron chi connectivity index (χ4n) is 2.91. The maximum atomic E-state index is 12.5. The largest absolute Gasteiger partial charge is 0.461 e. The van der Waals surface area contributed by atoms with Gasteiger partial charge in [0.05, 0.1) is 29.2 Å². The zero-order valence-electron chi connectivity index (χ0n) is 11.7. The first kappa shape index (κ1) is 14.5. The van der Waals surface area contributed by atoms with Gasteiger partial charge in [-0.05, 0) is 17.7 Å². The third-order valence-electron chi connectivity index (χ3n) is 4.06. The van der Waals surface area contributed by atoms with Crippen molar-refractivity contribution in [3.63, 3.8) is 0 Å². The van der Waals surface area contributed by atoms with E-state index in [1.54, 1.807) is 12.1 Å². The zero-order valence-corrected chi connectivity index (χ0v) is 11.7. The highest BCUT2D eigenvalue weighted by atomic mass is 16.6. The first-order valence-electron chi connectivity index (χ1n) is 6.69. The highest BCUT2D eigenvalue weighted by Gasteiger charge is 2.71. The van der Waals surface area contributed by atoms with Crippen molar-refractivity contribution >= 4 is 11.5 Å². The van der Waals surface area contributed by atoms with Crippen LogP contribution < -0.4 is 0 Å². The van der Waals surface area contributed by atoms with E-state index in [0.29, 0.717) is 5.56 Å². The Balaban J connectivity index is 2.03. The molecule has 23 heavy (non-hydrogen) atoms. The Kier molecular flexibility index (Phi) is 3.20. The summed E-state index contributed by atoms with van der Waals surface area (Å²) in [5.74, 6) is -1.99. The van der Waals surface area contributed by atoms with Crippen molar-refractivity contribution in [2.24, 2.45) is 11.3 Å². The molecule has 7 heteroatoms. The molecule has 3 rings (SSSR count). The van der Waals surface area contributed by atoms with E-state index in [1.165, 1.54) is 30.5 Å². The molecule has 1 aromatic heterocycles. The Hall–Kier alpha value is -3.45. The van der Waals surface area contributed by atoms with Gasteiger partial charge in [-0.25, -0.2) is 0 Å². The first-order chi connectivity index (χ1) is 11.0. The lowest BCUT2D eigenvalue weighted by molar-refractivity contribution is -0.384. The molecule has 2 atom stereocenters. The van der Waals surface area contributed by atoms with Crippen molar-refractivity contribution in [2.45, 2.75) is 5.92 Å². The van der Waals surface area contributed by atoms with Crippen molar-refractivity contribution in [1.29, 1.82) is 10.5 Å². The summed E-state index contributed by atoms with van der Waals surface area (Å²) in [6.07, 6.45) is 1.33. The summed E-state index contributed by atoms with van der Waals surface area (Å²) in [7, 11) is 0. The molecule has 2 aromatic rings. The van der Waals surface area contributed by atoms with E-state index in [-0.39, 0.29) is 11.4 Å². The van der Waals surface area contributed by atoms with Gasteiger partial charge in [0, 0.05) is 18.1 Å². The van der Waals surface area contributed by atoms with E-state index in [1.807, 2.05) is 12.1 Å². The van der Waals surface area contributed by atoms with Crippen LogP contribution in [0.4, 0.5) is 5.69 Å². The Bertz CT molecular complexity index is 859. The Morgan fingerprint density at radius 1 is 1.26 bits per heavy atom. The van der Waals surface area contributed by atoms with E-state index in [2.05, 4.69) is 0 Å². The first-order valence-corrected chi connectivity index (χ1v) is 6.69. The molecule has 1 aliphatic carbocycles. The molecule has 0 aliphatic heterocycles. The average Bonchev–Trinajstić information content (AvgIpc) is 2.92. The fourth-order valence-corrected chi connectivity index (χ4v) is 2.91. The van der Waals surface area contributed by atoms with E-state index < -0.39 is 28.0 Å². The smallest absolute Gasteiger partial charge is 0.269 e. The van der Waals surface area contributed by atoms with E-state index in [4.69, 9.17) is 4.42 Å². The summed E-state index contributed by atoms with van der Waals surface area (Å²) < 4.78 is 5.05. The van der Waals surface area contributed by atoms with Crippen molar-refractivity contribution in [2.75, 3.05) is 0 Å². The molecule has 1 aromatic carbocycles. The monoisotopic (exact) mass is 307 g/mol. The van der Waals surface area contributed by atoms with E-state index in [9.17, 15) is 25.4 Å². The number of hydrogen-bond acceptors (Lipinski definition) is 6. The average molecular weight is 307 g/mol. The predicted molar refractivity (Wildman–Crippen MR) is 76.0 cm³/mol. The molecule has 7 nitrogen and oxygen atoms in total. The van der Waals surface area contributed by atoms with Gasteiger partial charge in [-0.2, -0.15) is 10.5 Å². The molecule has 0 unspecified atom stereocenters. The summed E-state index contributed by atoms with van der Waals surface area (Å²) >= 11 is 0. The van der Waals surface area contributed by atoms with Gasteiger partial charge in [0.1, 0.15) is 0 Å². The second-order valence-electron chi connectivity index (χ2n) is 5.24. The molecule has 0 spiro atoms. The van der Waals surface area contributed by atoms with Gasteiger partial charge in [-0.15, -0.1) is 0 Å². The van der Waals surface area contributed by atoms with Crippen molar-refractivity contribution in [3.8, 4) is 12.1 Å². The molecule has 112 valence electrons. The normalized spacial score (nSPS) is 21.0. The van der Waals surface area contributed by atoms with Crippen LogP contribution in [-0.4, -0.2) is 10.7 Å². The number of hydrogen-bond donors (Lipinski definition) is 0. The van der Waals surface area contributed by atoms with Gasteiger partial charge in [-0.3, -0.25) is 14.9 Å². The van der Waals surface area contributed by atoms with Crippen LogP contribution in [0.25, 0.3) is 0 Å². The minimum atomic E-state index is -1.53. The number of carbonyl (C=O) groups excluding carboxylic acids is 1. The quantitative estimate of drug-likeness (QED) is 0.486. The molecule has 0 radical (unpaired) electrons. The van der Waals surface area contributed by atoms with Gasteiger partial charge in [0.2, 0.25) is 5.78 Å². The minimum Gasteiger partial charge on any atom is -0.461 e. The van der Waals surface area contributed by atoms with E-state index >= 15 is 0 Å². The van der Waals surface area contributed by atoms with Crippen molar-refractivity contribution in [1.82, 2.24) is 0 Å². The number of ketones is 1. The summed E-state index contributed by atoms with van der Waals surface area (Å²) in [6.45, 7) is 0. The van der Waals surface area contributed by atoms with Crippen LogP contribution in [0.2, 0.25) is 0 Å². The molecule has 0 saturated heterocycles. The maximum Gasteiger partial charge on any atom is 0.269 e. The number of Topliss-reactive ketones (excluding diaryl/α,β-unsaturated/α-hetero) is 1. The number of carbonyl (C=O) groups is 1. The number of nitro groups is 1. The third kappa shape index (κ3) is 2.07. The van der Waals surface area contributed by atoms with Crippen LogP contribution >= 0.6 is 0 Å². The van der Waals surface area contributed by atoms with Gasteiger partial charge < -0.3 is 4.42 Å². The highest BCUT2D eigenvalue weighted by molar-refractivity contribution is 6.00. The second-order valence-corrected chi connectivity index (χ2v) is 5.24. The van der Waals surface area contributed by atoms with Crippen LogP contribution in [0.15, 0.2) is 47.1 Å². The number of rotatable bonds is 4. The summed E-state index contributed by atoms with van der Waals surface area (Å²) in [6, 6.07) is 12.5. The van der Waals surface area contributed by atoms with Crippen LogP contribution in [0.1, 0.15) is 22.0 Å². The lowest BCUT2D eigenvalue weighted by atomic mass is 10.0. The van der Waals surface area contributed by atoms with Crippen LogP contribution in [0, 0.1) is 44.1 Å². The molecule has 1 heterocycles. The standard InChI is InChI=1S/C16H9N3O4/c17-8-16(9-18)13(10-3-1-4-11(7-10)19(21)22)14(16)15(20)12-5-2-6-23-12/h1-7,13-14H/t13-,14+/m0/s1. The molecule has 0 amide bonds. The predicted octanol–water partition coefficient (Wildman–Crippen LogP) is 2.82. The minimum absolute atomic E-state index is 0.0674. The summed E-state index contributed by atoms with van der Waals surface area (Å²) in [4.78, 5) is 22.8. The SMILES string of the molecule is N#CC1(C#N)[C@@H](C(=O)c2ccco2)[C@@H]1c1cccc([N+](=O)[O-])c1. The Morgan fingerprint density at radius 2 is 2.00 bits per heavy atom. The Morgan fingerprint density at radius 3 is 2.57 bits per heavy atom. The number of furan rings is 1. The zero-order chi connectivity index (χ0) is 16.6.